The number of ether oxygens (including phenoxy) is 1. The van der Waals surface area contributed by atoms with Crippen LogP contribution >= 0.6 is 0 Å². The number of halogens is 2. The molecule has 1 fully saturated rings. The van der Waals surface area contributed by atoms with Gasteiger partial charge in [-0.15, -0.1) is 0 Å². The molecule has 192 valence electrons. The first kappa shape index (κ1) is 26.7. The number of hydrogen-bond acceptors (Lipinski definition) is 6. The van der Waals surface area contributed by atoms with Crippen molar-refractivity contribution in [3.63, 3.8) is 0 Å². The van der Waals surface area contributed by atoms with Gasteiger partial charge in [-0.2, -0.15) is 0 Å². The quantitative estimate of drug-likeness (QED) is 0.468. The second kappa shape index (κ2) is 11.7. The molecule has 0 bridgehead atoms. The van der Waals surface area contributed by atoms with Gasteiger partial charge in [0.2, 0.25) is 5.91 Å². The number of hydrogen-bond donors (Lipinski definition) is 3. The molecule has 1 saturated heterocycles. The zero-order chi connectivity index (χ0) is 25.6. The average molecular weight is 494 g/mol. The van der Waals surface area contributed by atoms with Gasteiger partial charge in [0.25, 0.3) is 5.91 Å². The zero-order valence-electron chi connectivity index (χ0n) is 20.3. The third-order valence-electron chi connectivity index (χ3n) is 5.91. The molecular formula is C24H33F2N5O4. The van der Waals surface area contributed by atoms with Gasteiger partial charge in [-0.05, 0) is 38.0 Å². The predicted octanol–water partition coefficient (Wildman–Crippen LogP) is 2.19. The molecule has 1 aromatic heterocycles. The van der Waals surface area contributed by atoms with Crippen molar-refractivity contribution in [3.05, 3.63) is 47.9 Å². The number of nitrogens with one attached hydrogen (secondary N) is 2. The van der Waals surface area contributed by atoms with Gasteiger partial charge in [-0.3, -0.25) is 14.5 Å². The van der Waals surface area contributed by atoms with Crippen LogP contribution in [-0.4, -0.2) is 70.3 Å². The van der Waals surface area contributed by atoms with E-state index in [1.807, 2.05) is 11.5 Å². The molecule has 1 aliphatic rings. The van der Waals surface area contributed by atoms with Crippen LogP contribution in [0.25, 0.3) is 0 Å². The minimum absolute atomic E-state index is 0.239. The lowest BCUT2D eigenvalue weighted by molar-refractivity contribution is -0.133. The first-order valence-corrected chi connectivity index (χ1v) is 11.7. The van der Waals surface area contributed by atoms with E-state index in [1.165, 1.54) is 0 Å². The van der Waals surface area contributed by atoms with Crippen molar-refractivity contribution in [2.24, 2.45) is 0 Å². The molecule has 0 spiro atoms. The molecule has 3 rings (SSSR count). The van der Waals surface area contributed by atoms with Gasteiger partial charge in [-0.25, -0.2) is 13.8 Å². The standard InChI is InChI=1S/C24H33F2N5O4/c1-4-5-19(28-23(34)21(32)16-10-17(25)12-18(26)11-16)22(33)29-20-13-31(15-27-20)24(2,3)14-30-6-8-35-9-7-30/h10-13,15,19,21,32H,4-9,14H2,1-3H3,(H,28,34)(H,29,33). The summed E-state index contributed by atoms with van der Waals surface area (Å²) in [5.74, 6) is -2.94. The maximum Gasteiger partial charge on any atom is 0.254 e. The van der Waals surface area contributed by atoms with Crippen LogP contribution in [0.2, 0.25) is 0 Å². The minimum Gasteiger partial charge on any atom is -0.379 e. The number of imidazole rings is 1. The molecule has 2 atom stereocenters. The summed E-state index contributed by atoms with van der Waals surface area (Å²) in [6.45, 7) is 9.89. The molecular weight excluding hydrogens is 460 g/mol. The second-order valence-corrected chi connectivity index (χ2v) is 9.31. The van der Waals surface area contributed by atoms with Gasteiger partial charge in [-0.1, -0.05) is 13.3 Å². The number of aliphatic hydroxyl groups excluding tert-OH is 1. The first-order chi connectivity index (χ1) is 16.6. The van der Waals surface area contributed by atoms with E-state index in [1.54, 1.807) is 12.5 Å². The van der Waals surface area contributed by atoms with Crippen LogP contribution < -0.4 is 10.6 Å². The van der Waals surface area contributed by atoms with Crippen molar-refractivity contribution in [2.75, 3.05) is 38.2 Å². The van der Waals surface area contributed by atoms with E-state index in [0.717, 1.165) is 31.8 Å². The van der Waals surface area contributed by atoms with Crippen LogP contribution in [0.4, 0.5) is 14.6 Å². The highest BCUT2D eigenvalue weighted by molar-refractivity contribution is 5.97. The number of benzene rings is 1. The highest BCUT2D eigenvalue weighted by atomic mass is 19.1. The average Bonchev–Trinajstić information content (AvgIpc) is 3.27. The summed E-state index contributed by atoms with van der Waals surface area (Å²) < 4.78 is 34.2. The van der Waals surface area contributed by atoms with E-state index in [9.17, 15) is 23.5 Å². The summed E-state index contributed by atoms with van der Waals surface area (Å²) in [5, 5.41) is 15.4. The highest BCUT2D eigenvalue weighted by Gasteiger charge is 2.28. The Morgan fingerprint density at radius 1 is 1.17 bits per heavy atom. The van der Waals surface area contributed by atoms with Crippen LogP contribution in [-0.2, 0) is 19.9 Å². The van der Waals surface area contributed by atoms with E-state index >= 15 is 0 Å². The molecule has 2 amide bonds. The molecule has 3 N–H and O–H groups in total. The Labute approximate surface area is 203 Å². The number of nitrogens with zero attached hydrogens (tertiary/aromatic N) is 3. The molecule has 2 heterocycles. The number of amides is 2. The number of rotatable bonds is 10. The second-order valence-electron chi connectivity index (χ2n) is 9.31. The van der Waals surface area contributed by atoms with Crippen LogP contribution in [0.3, 0.4) is 0 Å². The summed E-state index contributed by atoms with van der Waals surface area (Å²) in [6.07, 6.45) is 2.42. The lowest BCUT2D eigenvalue weighted by Crippen LogP contribution is -2.46. The fraction of sp³-hybridized carbons (Fsp3) is 0.542. The summed E-state index contributed by atoms with van der Waals surface area (Å²) in [6, 6.07) is 1.41. The first-order valence-electron chi connectivity index (χ1n) is 11.7. The molecule has 2 aromatic rings. The topological polar surface area (TPSA) is 109 Å². The lowest BCUT2D eigenvalue weighted by atomic mass is 10.0. The van der Waals surface area contributed by atoms with Gasteiger partial charge in [0.15, 0.2) is 11.9 Å². The smallest absolute Gasteiger partial charge is 0.254 e. The van der Waals surface area contributed by atoms with Crippen molar-refractivity contribution < 1.29 is 28.2 Å². The van der Waals surface area contributed by atoms with E-state index in [-0.39, 0.29) is 11.1 Å². The van der Waals surface area contributed by atoms with Crippen molar-refractivity contribution >= 4 is 17.6 Å². The van der Waals surface area contributed by atoms with Gasteiger partial charge >= 0.3 is 0 Å². The van der Waals surface area contributed by atoms with Crippen LogP contribution in [0, 0.1) is 11.6 Å². The molecule has 1 aliphatic heterocycles. The largest absolute Gasteiger partial charge is 0.379 e. The maximum atomic E-state index is 13.5. The number of aliphatic hydroxyl groups is 1. The molecule has 9 nitrogen and oxygen atoms in total. The van der Waals surface area contributed by atoms with Crippen molar-refractivity contribution in [1.82, 2.24) is 19.8 Å². The van der Waals surface area contributed by atoms with Gasteiger partial charge in [0.1, 0.15) is 17.7 Å². The Morgan fingerprint density at radius 2 is 1.83 bits per heavy atom. The highest BCUT2D eigenvalue weighted by Crippen LogP contribution is 2.20. The van der Waals surface area contributed by atoms with E-state index < -0.39 is 35.6 Å². The van der Waals surface area contributed by atoms with E-state index in [4.69, 9.17) is 4.74 Å². The van der Waals surface area contributed by atoms with Crippen molar-refractivity contribution in [1.29, 1.82) is 0 Å². The van der Waals surface area contributed by atoms with Crippen LogP contribution in [0.15, 0.2) is 30.7 Å². The van der Waals surface area contributed by atoms with Gasteiger partial charge < -0.3 is 25.0 Å². The summed E-state index contributed by atoms with van der Waals surface area (Å²) >= 11 is 0. The summed E-state index contributed by atoms with van der Waals surface area (Å²) in [5.41, 5.74) is -0.522. The number of carbonyl (C=O) groups is 2. The monoisotopic (exact) mass is 493 g/mol. The normalized spacial score (nSPS) is 16.5. The molecule has 0 radical (unpaired) electrons. The van der Waals surface area contributed by atoms with Gasteiger partial charge in [0, 0.05) is 31.9 Å². The van der Waals surface area contributed by atoms with Crippen LogP contribution in [0.5, 0.6) is 0 Å². The SMILES string of the molecule is CCCC(NC(=O)C(O)c1cc(F)cc(F)c1)C(=O)Nc1cn(C(C)(C)CN2CCOCC2)cn1. The minimum atomic E-state index is -1.83. The van der Waals surface area contributed by atoms with Gasteiger partial charge in [0.05, 0.1) is 25.1 Å². The predicted molar refractivity (Wildman–Crippen MR) is 126 cm³/mol. The van der Waals surface area contributed by atoms with Crippen LogP contribution in [0.1, 0.15) is 45.3 Å². The number of carbonyl (C=O) groups excluding carboxylic acids is 2. The Balaban J connectivity index is 1.63. The summed E-state index contributed by atoms with van der Waals surface area (Å²) in [4.78, 5) is 32.0. The van der Waals surface area contributed by atoms with Crippen molar-refractivity contribution in [2.45, 2.75) is 51.3 Å². The zero-order valence-corrected chi connectivity index (χ0v) is 20.3. The third kappa shape index (κ3) is 7.30. The number of anilines is 1. The summed E-state index contributed by atoms with van der Waals surface area (Å²) in [7, 11) is 0. The molecule has 0 aliphatic carbocycles. The third-order valence-corrected chi connectivity index (χ3v) is 5.91. The van der Waals surface area contributed by atoms with E-state index in [0.29, 0.717) is 37.9 Å². The molecule has 35 heavy (non-hydrogen) atoms. The van der Waals surface area contributed by atoms with Crippen molar-refractivity contribution in [3.8, 4) is 0 Å². The Bertz CT molecular complexity index is 1000. The van der Waals surface area contributed by atoms with E-state index in [2.05, 4.69) is 34.4 Å². The molecule has 1 aromatic carbocycles. The fourth-order valence-corrected chi connectivity index (χ4v) is 4.01. The Morgan fingerprint density at radius 3 is 2.46 bits per heavy atom. The number of morpholine rings is 1. The molecule has 2 unspecified atom stereocenters. The Kier molecular flexibility index (Phi) is 8.92. The fourth-order valence-electron chi connectivity index (χ4n) is 4.01. The lowest BCUT2D eigenvalue weighted by Gasteiger charge is -2.35. The molecule has 0 saturated carbocycles. The Hall–Kier alpha value is -2.89. The maximum absolute atomic E-state index is 13.5. The molecule has 11 heteroatoms. The number of aromatic nitrogens is 2.